The number of ether oxygens (including phenoxy) is 2. The number of nitrogens with one attached hydrogen (secondary N) is 1. The summed E-state index contributed by atoms with van der Waals surface area (Å²) in [7, 11) is 3.05. The number of H-pyrrole nitrogens is 1. The molecule has 0 bridgehead atoms. The maximum atomic E-state index is 10.5. The second-order valence-corrected chi connectivity index (χ2v) is 3.71. The van der Waals surface area contributed by atoms with Gasteiger partial charge in [0.25, 0.3) is 11.8 Å². The molecule has 1 heterocycles. The van der Waals surface area contributed by atoms with Gasteiger partial charge < -0.3 is 25.2 Å². The molecular formula is C13H17N3O6. The van der Waals surface area contributed by atoms with Crippen molar-refractivity contribution < 1.29 is 34.9 Å². The van der Waals surface area contributed by atoms with E-state index < -0.39 is 5.97 Å². The molecule has 120 valence electrons. The maximum absolute atomic E-state index is 10.5. The largest absolute Gasteiger partial charge is 0.872 e. The van der Waals surface area contributed by atoms with Crippen molar-refractivity contribution in [2.24, 2.45) is 0 Å². The predicted molar refractivity (Wildman–Crippen MR) is 74.8 cm³/mol. The molecular weight excluding hydrogens is 294 g/mol. The third kappa shape index (κ3) is 5.92. The van der Waals surface area contributed by atoms with Crippen LogP contribution in [0.15, 0.2) is 30.3 Å². The molecule has 0 aliphatic rings. The van der Waals surface area contributed by atoms with Crippen molar-refractivity contribution >= 4 is 11.9 Å². The highest BCUT2D eigenvalue weighted by Crippen LogP contribution is 2.10. The van der Waals surface area contributed by atoms with E-state index in [1.807, 2.05) is 0 Å². The summed E-state index contributed by atoms with van der Waals surface area (Å²) < 4.78 is 9.73. The standard InChI is InChI=1S/C7H6O3.C6H9N3O2.H2O/c8-6-3-1-5(2-4-6)7(9)10;1-10-4-3-5(11-2)9-6(7)8-4;/h1-4,8H,(H,9,10);3H,1-2H3,(H2,7,8,9);1H2. The predicted octanol–water partition coefficient (Wildman–Crippen LogP) is -0.871. The molecule has 0 amide bonds. The molecule has 0 fully saturated rings. The van der Waals surface area contributed by atoms with E-state index in [-0.39, 0.29) is 22.7 Å². The first-order chi connectivity index (χ1) is 9.96. The van der Waals surface area contributed by atoms with Gasteiger partial charge in [-0.2, -0.15) is 0 Å². The number of aromatic nitrogens is 2. The zero-order chi connectivity index (χ0) is 15.8. The lowest BCUT2D eigenvalue weighted by Crippen LogP contribution is -2.15. The fourth-order valence-electron chi connectivity index (χ4n) is 1.27. The summed E-state index contributed by atoms with van der Waals surface area (Å²) in [6, 6.07) is 6.62. The fraction of sp³-hybridized carbons (Fsp3) is 0.154. The van der Waals surface area contributed by atoms with Crippen molar-refractivity contribution in [3.8, 4) is 17.5 Å². The summed E-state index contributed by atoms with van der Waals surface area (Å²) in [6.45, 7) is 0. The van der Waals surface area contributed by atoms with Crippen molar-refractivity contribution in [1.29, 1.82) is 0 Å². The van der Waals surface area contributed by atoms with E-state index in [0.29, 0.717) is 11.8 Å². The highest BCUT2D eigenvalue weighted by Gasteiger charge is 2.07. The average Bonchev–Trinajstić information content (AvgIpc) is 2.47. The monoisotopic (exact) mass is 311 g/mol. The number of aromatic amines is 1. The van der Waals surface area contributed by atoms with Gasteiger partial charge in [-0.3, -0.25) is 5.73 Å². The summed E-state index contributed by atoms with van der Waals surface area (Å²) >= 11 is 0. The Morgan fingerprint density at radius 2 is 1.86 bits per heavy atom. The summed E-state index contributed by atoms with van der Waals surface area (Å²) in [5, 5.41) is 18.8. The van der Waals surface area contributed by atoms with Gasteiger partial charge >= 0.3 is 11.9 Å². The Bertz CT molecular complexity index is 581. The number of nitrogens with zero attached hydrogens (tertiary/aromatic N) is 1. The number of carboxylic acid groups (broad SMARTS) is 1. The molecule has 0 atom stereocenters. The first-order valence-corrected chi connectivity index (χ1v) is 5.74. The number of anilines is 1. The molecule has 22 heavy (non-hydrogen) atoms. The molecule has 9 nitrogen and oxygen atoms in total. The molecule has 6 N–H and O–H groups in total. The Morgan fingerprint density at radius 1 is 1.27 bits per heavy atom. The molecule has 0 aliphatic carbocycles. The van der Waals surface area contributed by atoms with Gasteiger partial charge in [-0.05, 0) is 17.1 Å². The van der Waals surface area contributed by atoms with Crippen LogP contribution in [0.2, 0.25) is 0 Å². The van der Waals surface area contributed by atoms with Gasteiger partial charge in [0.05, 0.1) is 25.8 Å². The van der Waals surface area contributed by atoms with Crippen molar-refractivity contribution in [2.75, 3.05) is 20.0 Å². The number of benzene rings is 1. The van der Waals surface area contributed by atoms with Crippen LogP contribution in [-0.2, 0) is 0 Å². The normalized spacial score (nSPS) is 8.82. The van der Waals surface area contributed by atoms with Crippen molar-refractivity contribution in [3.05, 3.63) is 35.9 Å². The van der Waals surface area contributed by atoms with Crippen LogP contribution in [0, 0.1) is 0 Å². The summed E-state index contributed by atoms with van der Waals surface area (Å²) in [4.78, 5) is 16.7. The van der Waals surface area contributed by atoms with Crippen LogP contribution < -0.4 is 25.3 Å². The van der Waals surface area contributed by atoms with Gasteiger partial charge in [0.2, 0.25) is 0 Å². The Morgan fingerprint density at radius 3 is 2.32 bits per heavy atom. The van der Waals surface area contributed by atoms with E-state index in [0.717, 1.165) is 0 Å². The van der Waals surface area contributed by atoms with Crippen molar-refractivity contribution in [2.45, 2.75) is 0 Å². The average molecular weight is 311 g/mol. The lowest BCUT2D eigenvalue weighted by molar-refractivity contribution is -0.380. The lowest BCUT2D eigenvalue weighted by atomic mass is 10.2. The summed E-state index contributed by atoms with van der Waals surface area (Å²) in [6.07, 6.45) is 0. The SMILES string of the molecule is COc1cc(OC)[nH+]c(N)n1.O.O=C(O)c1ccc([O-])cc1. The van der Waals surface area contributed by atoms with Gasteiger partial charge in [-0.1, -0.05) is 12.1 Å². The minimum absolute atomic E-state index is 0. The molecule has 0 saturated heterocycles. The van der Waals surface area contributed by atoms with E-state index in [2.05, 4.69) is 9.97 Å². The Balaban J connectivity index is 0.000000385. The molecule has 0 radical (unpaired) electrons. The van der Waals surface area contributed by atoms with Gasteiger partial charge in [-0.15, -0.1) is 5.75 Å². The van der Waals surface area contributed by atoms with Crippen molar-refractivity contribution in [1.82, 2.24) is 4.98 Å². The third-order valence-electron chi connectivity index (χ3n) is 2.27. The summed E-state index contributed by atoms with van der Waals surface area (Å²) in [5.41, 5.74) is 5.52. The number of hydrogen-bond donors (Lipinski definition) is 2. The molecule has 1 aromatic carbocycles. The van der Waals surface area contributed by atoms with E-state index in [9.17, 15) is 9.90 Å². The highest BCUT2D eigenvalue weighted by atomic mass is 16.5. The second kappa shape index (κ2) is 8.97. The van der Waals surface area contributed by atoms with Gasteiger partial charge in [-0.25, -0.2) is 9.78 Å². The third-order valence-corrected chi connectivity index (χ3v) is 2.27. The number of hydrogen-bond acceptors (Lipinski definition) is 6. The number of nitrogens with two attached hydrogens (primary N) is 1. The summed E-state index contributed by atoms with van der Waals surface area (Å²) in [5.74, 6) is 0.0265. The Labute approximate surface area is 126 Å². The van der Waals surface area contributed by atoms with Gasteiger partial charge in [0.15, 0.2) is 0 Å². The number of carbonyl (C=O) groups is 1. The molecule has 2 rings (SSSR count). The Kier molecular flexibility index (Phi) is 7.72. The van der Waals surface area contributed by atoms with E-state index in [1.165, 1.54) is 38.5 Å². The minimum Gasteiger partial charge on any atom is -0.872 e. The lowest BCUT2D eigenvalue weighted by Gasteiger charge is -2.02. The molecule has 0 aliphatic heterocycles. The van der Waals surface area contributed by atoms with Crippen LogP contribution in [0.4, 0.5) is 5.95 Å². The minimum atomic E-state index is -1.01. The highest BCUT2D eigenvalue weighted by molar-refractivity contribution is 5.87. The fourth-order valence-corrected chi connectivity index (χ4v) is 1.27. The Hall–Kier alpha value is -3.07. The maximum Gasteiger partial charge on any atom is 0.393 e. The number of aromatic carboxylic acids is 1. The topological polar surface area (TPSA) is 163 Å². The zero-order valence-electron chi connectivity index (χ0n) is 12.0. The van der Waals surface area contributed by atoms with Gasteiger partial charge in [0.1, 0.15) is 0 Å². The van der Waals surface area contributed by atoms with Crippen LogP contribution in [0.3, 0.4) is 0 Å². The smallest absolute Gasteiger partial charge is 0.393 e. The molecule has 2 aromatic rings. The van der Waals surface area contributed by atoms with E-state index in [4.69, 9.17) is 20.3 Å². The van der Waals surface area contributed by atoms with Crippen LogP contribution in [0.1, 0.15) is 10.4 Å². The quantitative estimate of drug-likeness (QED) is 0.743. The molecule has 0 spiro atoms. The number of methoxy groups -OCH3 is 2. The van der Waals surface area contributed by atoms with Crippen LogP contribution in [-0.4, -0.2) is 35.8 Å². The molecule has 9 heteroatoms. The molecule has 1 aromatic heterocycles. The zero-order valence-corrected chi connectivity index (χ0v) is 12.0. The number of nitrogen functional groups attached to an aromatic ring is 1. The molecule has 0 saturated carbocycles. The van der Waals surface area contributed by atoms with Crippen LogP contribution in [0.5, 0.6) is 17.5 Å². The first kappa shape index (κ1) is 18.9. The van der Waals surface area contributed by atoms with E-state index >= 15 is 0 Å². The number of carboxylic acids is 1. The van der Waals surface area contributed by atoms with Crippen molar-refractivity contribution in [3.63, 3.8) is 0 Å². The van der Waals surface area contributed by atoms with E-state index in [1.54, 1.807) is 6.07 Å². The van der Waals surface area contributed by atoms with Crippen LogP contribution in [0.25, 0.3) is 0 Å². The van der Waals surface area contributed by atoms with Crippen LogP contribution >= 0.6 is 0 Å². The molecule has 0 unspecified atom stereocenters. The van der Waals surface area contributed by atoms with Gasteiger partial charge in [0, 0.05) is 0 Å². The first-order valence-electron chi connectivity index (χ1n) is 5.74. The number of rotatable bonds is 3. The second-order valence-electron chi connectivity index (χ2n) is 3.71.